The summed E-state index contributed by atoms with van der Waals surface area (Å²) >= 11 is 0. The Morgan fingerprint density at radius 2 is 1.83 bits per heavy atom. The van der Waals surface area contributed by atoms with Crippen molar-refractivity contribution in [1.82, 2.24) is 29.7 Å². The summed E-state index contributed by atoms with van der Waals surface area (Å²) in [6, 6.07) is 5.34. The van der Waals surface area contributed by atoms with Crippen LogP contribution in [-0.2, 0) is 17.9 Å². The van der Waals surface area contributed by atoms with Gasteiger partial charge < -0.3 is 19.4 Å². The molecular formula is C24H25F3N6O3. The molecule has 9 nitrogen and oxygen atoms in total. The molecular weight excluding hydrogens is 477 g/mol. The number of hydrogen-bond acceptors (Lipinski definition) is 5. The first-order chi connectivity index (χ1) is 17.2. The van der Waals surface area contributed by atoms with E-state index in [-0.39, 0.29) is 23.6 Å². The number of hydrogen-bond donors (Lipinski definition) is 0. The lowest BCUT2D eigenvalue weighted by Gasteiger charge is -2.31. The average molecular weight is 502 g/mol. The number of nitrogens with zero attached hydrogens (tertiary/aromatic N) is 6. The summed E-state index contributed by atoms with van der Waals surface area (Å²) in [6.45, 7) is 3.93. The molecule has 3 aliphatic rings. The number of likely N-dealkylation sites (tertiary alicyclic amines) is 1. The number of rotatable bonds is 3. The standard InChI is InChI=1S/C24H25F3N6O3/c25-24(26,27)36-21-4-1-17(2-5-21)3-6-22(34)30-9-7-18-14-32(15-19(18)8-10-30)23(35)31-11-12-33-20(16-31)13-28-29-33/h1-7,13,19H,8-12,14-16H2/b6-3+/t19-/m1/s1. The first-order valence-electron chi connectivity index (χ1n) is 11.7. The molecule has 0 radical (unpaired) electrons. The quantitative estimate of drug-likeness (QED) is 0.476. The van der Waals surface area contributed by atoms with Crippen LogP contribution in [0.1, 0.15) is 17.7 Å². The van der Waals surface area contributed by atoms with E-state index in [1.807, 2.05) is 20.6 Å². The lowest BCUT2D eigenvalue weighted by atomic mass is 10.00. The van der Waals surface area contributed by atoms with E-state index >= 15 is 0 Å². The van der Waals surface area contributed by atoms with Crippen LogP contribution in [-0.4, -0.2) is 80.7 Å². The molecule has 0 N–H and O–H groups in total. The predicted molar refractivity (Wildman–Crippen MR) is 122 cm³/mol. The van der Waals surface area contributed by atoms with Crippen molar-refractivity contribution in [3.8, 4) is 5.75 Å². The zero-order valence-corrected chi connectivity index (χ0v) is 19.4. The molecule has 0 spiro atoms. The van der Waals surface area contributed by atoms with E-state index in [9.17, 15) is 22.8 Å². The van der Waals surface area contributed by atoms with E-state index in [1.54, 1.807) is 17.2 Å². The molecule has 3 amide bonds. The second-order valence-electron chi connectivity index (χ2n) is 9.03. The fourth-order valence-electron chi connectivity index (χ4n) is 4.78. The fourth-order valence-corrected chi connectivity index (χ4v) is 4.78. The maximum atomic E-state index is 13.1. The van der Waals surface area contributed by atoms with Crippen molar-refractivity contribution < 1.29 is 27.5 Å². The van der Waals surface area contributed by atoms with Gasteiger partial charge in [-0.15, -0.1) is 18.3 Å². The van der Waals surface area contributed by atoms with Gasteiger partial charge in [-0.05, 0) is 35.8 Å². The van der Waals surface area contributed by atoms with Gasteiger partial charge in [0.25, 0.3) is 0 Å². The van der Waals surface area contributed by atoms with Crippen molar-refractivity contribution in [1.29, 1.82) is 0 Å². The Morgan fingerprint density at radius 1 is 1.03 bits per heavy atom. The molecule has 12 heteroatoms. The number of carbonyl (C=O) groups excluding carboxylic acids is 2. The number of aromatic nitrogens is 3. The number of alkyl halides is 3. The Balaban J connectivity index is 1.15. The van der Waals surface area contributed by atoms with E-state index in [0.717, 1.165) is 12.1 Å². The third-order valence-corrected chi connectivity index (χ3v) is 6.68. The molecule has 0 unspecified atom stereocenters. The molecule has 0 aliphatic carbocycles. The molecule has 1 fully saturated rings. The minimum Gasteiger partial charge on any atom is -0.406 e. The smallest absolute Gasteiger partial charge is 0.406 e. The highest BCUT2D eigenvalue weighted by Gasteiger charge is 2.35. The number of amides is 3. The average Bonchev–Trinajstić information content (AvgIpc) is 3.44. The molecule has 1 aromatic heterocycles. The zero-order chi connectivity index (χ0) is 25.3. The second-order valence-corrected chi connectivity index (χ2v) is 9.03. The van der Waals surface area contributed by atoms with E-state index in [2.05, 4.69) is 15.0 Å². The Hall–Kier alpha value is -3.83. The largest absolute Gasteiger partial charge is 0.573 e. The van der Waals surface area contributed by atoms with Crippen LogP contribution in [0, 0.1) is 5.92 Å². The van der Waals surface area contributed by atoms with Crippen LogP contribution < -0.4 is 4.74 Å². The predicted octanol–water partition coefficient (Wildman–Crippen LogP) is 2.92. The molecule has 190 valence electrons. The van der Waals surface area contributed by atoms with Gasteiger partial charge in [0.2, 0.25) is 5.91 Å². The molecule has 2 aromatic rings. The van der Waals surface area contributed by atoms with Crippen LogP contribution in [0.3, 0.4) is 0 Å². The summed E-state index contributed by atoms with van der Waals surface area (Å²) in [4.78, 5) is 31.2. The molecule has 1 atom stereocenters. The molecule has 1 saturated heterocycles. The summed E-state index contributed by atoms with van der Waals surface area (Å²) in [6.07, 6.45) is 2.73. The molecule has 0 bridgehead atoms. The number of urea groups is 1. The van der Waals surface area contributed by atoms with E-state index in [0.29, 0.717) is 51.4 Å². The Labute approximate surface area is 205 Å². The maximum Gasteiger partial charge on any atom is 0.573 e. The first kappa shape index (κ1) is 23.9. The van der Waals surface area contributed by atoms with Gasteiger partial charge in [0.15, 0.2) is 0 Å². The summed E-state index contributed by atoms with van der Waals surface area (Å²) in [5.41, 5.74) is 2.69. The van der Waals surface area contributed by atoms with Crippen LogP contribution >= 0.6 is 0 Å². The van der Waals surface area contributed by atoms with Gasteiger partial charge in [0.1, 0.15) is 5.75 Å². The van der Waals surface area contributed by atoms with Gasteiger partial charge in [-0.3, -0.25) is 4.79 Å². The fraction of sp³-hybridized carbons (Fsp3) is 0.417. The minimum absolute atomic E-state index is 0.0129. The van der Waals surface area contributed by atoms with Crippen LogP contribution in [0.5, 0.6) is 5.75 Å². The van der Waals surface area contributed by atoms with Gasteiger partial charge in [0.05, 0.1) is 25.0 Å². The summed E-state index contributed by atoms with van der Waals surface area (Å²) in [7, 11) is 0. The third-order valence-electron chi connectivity index (χ3n) is 6.68. The van der Waals surface area contributed by atoms with Crippen molar-refractivity contribution >= 4 is 18.0 Å². The summed E-state index contributed by atoms with van der Waals surface area (Å²) in [5.74, 6) is -0.268. The summed E-state index contributed by atoms with van der Waals surface area (Å²) < 4.78 is 42.5. The van der Waals surface area contributed by atoms with Gasteiger partial charge in [0, 0.05) is 44.7 Å². The highest BCUT2D eigenvalue weighted by molar-refractivity contribution is 5.92. The SMILES string of the molecule is O=C(/C=C/c1ccc(OC(F)(F)F)cc1)N1CC=C2CN(C(=O)N3CCn4nncc4C3)C[C@H]2CC1. The maximum absolute atomic E-state index is 13.1. The third kappa shape index (κ3) is 5.37. The van der Waals surface area contributed by atoms with E-state index in [4.69, 9.17) is 0 Å². The van der Waals surface area contributed by atoms with Gasteiger partial charge in [-0.2, -0.15) is 0 Å². The highest BCUT2D eigenvalue weighted by Crippen LogP contribution is 2.29. The normalized spacial score (nSPS) is 20.1. The number of ether oxygens (including phenoxy) is 1. The van der Waals surface area contributed by atoms with Crippen molar-refractivity contribution in [3.63, 3.8) is 0 Å². The lowest BCUT2D eigenvalue weighted by molar-refractivity contribution is -0.274. The Morgan fingerprint density at radius 3 is 2.61 bits per heavy atom. The number of fused-ring (bicyclic) bond motifs is 2. The summed E-state index contributed by atoms with van der Waals surface area (Å²) in [5, 5.41) is 7.91. The number of benzene rings is 1. The van der Waals surface area contributed by atoms with Crippen molar-refractivity contribution in [2.45, 2.75) is 25.9 Å². The Bertz CT molecular complexity index is 1190. The van der Waals surface area contributed by atoms with E-state index < -0.39 is 6.36 Å². The van der Waals surface area contributed by atoms with Crippen LogP contribution in [0.4, 0.5) is 18.0 Å². The van der Waals surface area contributed by atoms with Crippen LogP contribution in [0.15, 0.2) is 48.2 Å². The van der Waals surface area contributed by atoms with Crippen LogP contribution in [0.2, 0.25) is 0 Å². The molecule has 0 saturated carbocycles. The number of carbonyl (C=O) groups is 2. The first-order valence-corrected chi connectivity index (χ1v) is 11.7. The van der Waals surface area contributed by atoms with Gasteiger partial charge >= 0.3 is 12.4 Å². The van der Waals surface area contributed by atoms with Gasteiger partial charge in [-0.25, -0.2) is 9.48 Å². The zero-order valence-electron chi connectivity index (χ0n) is 19.4. The van der Waals surface area contributed by atoms with Gasteiger partial charge in [-0.1, -0.05) is 23.4 Å². The second kappa shape index (κ2) is 9.67. The topological polar surface area (TPSA) is 83.8 Å². The molecule has 36 heavy (non-hydrogen) atoms. The lowest BCUT2D eigenvalue weighted by Crippen LogP contribution is -2.45. The van der Waals surface area contributed by atoms with Crippen LogP contribution in [0.25, 0.3) is 6.08 Å². The highest BCUT2D eigenvalue weighted by atomic mass is 19.4. The van der Waals surface area contributed by atoms with Crippen molar-refractivity contribution in [2.75, 3.05) is 32.7 Å². The minimum atomic E-state index is -4.74. The monoisotopic (exact) mass is 502 g/mol. The number of halogens is 3. The van der Waals surface area contributed by atoms with E-state index in [1.165, 1.54) is 35.9 Å². The molecule has 4 heterocycles. The van der Waals surface area contributed by atoms with Crippen molar-refractivity contribution in [3.05, 3.63) is 59.4 Å². The van der Waals surface area contributed by atoms with Crippen molar-refractivity contribution in [2.24, 2.45) is 5.92 Å². The Kier molecular flexibility index (Phi) is 6.42. The molecule has 5 rings (SSSR count). The molecule has 1 aromatic carbocycles. The molecule has 3 aliphatic heterocycles.